The Bertz CT molecular complexity index is 1050. The van der Waals surface area contributed by atoms with Crippen molar-refractivity contribution in [2.45, 2.75) is 19.1 Å². The van der Waals surface area contributed by atoms with Gasteiger partial charge in [0.2, 0.25) is 10.0 Å². The lowest BCUT2D eigenvalue weighted by molar-refractivity contribution is 0.0336. The molecule has 7 nitrogen and oxygen atoms in total. The molecule has 1 fully saturated rings. The zero-order chi connectivity index (χ0) is 22.6. The first kappa shape index (κ1) is 22.9. The minimum Gasteiger partial charge on any atom is -0.395 e. The van der Waals surface area contributed by atoms with Gasteiger partial charge in [0, 0.05) is 44.8 Å². The number of rotatable bonds is 8. The number of fused-ring (bicyclic) bond motifs is 1. The van der Waals surface area contributed by atoms with Gasteiger partial charge in [-0.05, 0) is 35.9 Å². The zero-order valence-corrected chi connectivity index (χ0v) is 19.3. The van der Waals surface area contributed by atoms with E-state index in [1.54, 1.807) is 6.92 Å². The van der Waals surface area contributed by atoms with Crippen LogP contribution in [0.4, 0.5) is 0 Å². The molecule has 2 heterocycles. The summed E-state index contributed by atoms with van der Waals surface area (Å²) in [6.07, 6.45) is 4.12. The van der Waals surface area contributed by atoms with Crippen LogP contribution in [0.25, 0.3) is 6.08 Å². The molecule has 1 unspecified atom stereocenters. The number of hydrogen-bond acceptors (Lipinski definition) is 6. The first-order chi connectivity index (χ1) is 15.5. The molecule has 0 amide bonds. The van der Waals surface area contributed by atoms with Gasteiger partial charge in [0.15, 0.2) is 0 Å². The van der Waals surface area contributed by atoms with Gasteiger partial charge in [-0.1, -0.05) is 48.5 Å². The Morgan fingerprint density at radius 3 is 2.47 bits per heavy atom. The predicted molar refractivity (Wildman–Crippen MR) is 127 cm³/mol. The van der Waals surface area contributed by atoms with Crippen LogP contribution in [-0.2, 0) is 22.2 Å². The first-order valence-corrected chi connectivity index (χ1v) is 12.8. The lowest BCUT2D eigenvalue weighted by atomic mass is 9.83. The van der Waals surface area contributed by atoms with Crippen LogP contribution in [0.2, 0.25) is 0 Å². The van der Waals surface area contributed by atoms with Crippen LogP contribution in [0.3, 0.4) is 0 Å². The summed E-state index contributed by atoms with van der Waals surface area (Å²) in [6, 6.07) is 16.6. The minimum absolute atomic E-state index is 0.0729. The van der Waals surface area contributed by atoms with Gasteiger partial charge >= 0.3 is 0 Å². The number of sulfonamides is 1. The smallest absolute Gasteiger partial charge is 0.211 e. The van der Waals surface area contributed by atoms with E-state index in [-0.39, 0.29) is 18.9 Å². The van der Waals surface area contributed by atoms with Gasteiger partial charge in [0.1, 0.15) is 5.66 Å². The van der Waals surface area contributed by atoms with E-state index in [1.165, 1.54) is 11.1 Å². The fourth-order valence-corrected chi connectivity index (χ4v) is 5.18. The van der Waals surface area contributed by atoms with Crippen molar-refractivity contribution < 1.29 is 13.5 Å². The van der Waals surface area contributed by atoms with Crippen LogP contribution in [0.15, 0.2) is 54.7 Å². The highest BCUT2D eigenvalue weighted by atomic mass is 32.2. The van der Waals surface area contributed by atoms with Crippen molar-refractivity contribution in [1.82, 2.24) is 19.8 Å². The molecule has 0 spiro atoms. The molecule has 3 N–H and O–H groups in total. The molecule has 2 aliphatic rings. The molecule has 0 aliphatic carbocycles. The minimum atomic E-state index is -3.23. The quantitative estimate of drug-likeness (QED) is 0.559. The van der Waals surface area contributed by atoms with Crippen molar-refractivity contribution in [2.24, 2.45) is 0 Å². The largest absolute Gasteiger partial charge is 0.395 e. The summed E-state index contributed by atoms with van der Waals surface area (Å²) >= 11 is 0. The van der Waals surface area contributed by atoms with Gasteiger partial charge < -0.3 is 10.4 Å². The fourth-order valence-electron chi connectivity index (χ4n) is 4.59. The molecule has 4 rings (SSSR count). The van der Waals surface area contributed by atoms with E-state index in [0.717, 1.165) is 37.3 Å². The van der Waals surface area contributed by atoms with Gasteiger partial charge in [-0.3, -0.25) is 9.80 Å². The molecule has 0 bridgehead atoms. The number of nitrogens with zero attached hydrogens (tertiary/aromatic N) is 2. The lowest BCUT2D eigenvalue weighted by Gasteiger charge is -2.50. The van der Waals surface area contributed by atoms with Crippen molar-refractivity contribution in [3.05, 3.63) is 77.0 Å². The Hall–Kier alpha value is -2.23. The monoisotopic (exact) mass is 456 g/mol. The van der Waals surface area contributed by atoms with Crippen LogP contribution >= 0.6 is 0 Å². The van der Waals surface area contributed by atoms with Crippen molar-refractivity contribution in [1.29, 1.82) is 0 Å². The maximum Gasteiger partial charge on any atom is 0.211 e. The fraction of sp³-hybridized carbons (Fsp3) is 0.417. The molecule has 172 valence electrons. The van der Waals surface area contributed by atoms with Crippen molar-refractivity contribution in [2.75, 3.05) is 45.1 Å². The summed E-state index contributed by atoms with van der Waals surface area (Å²) in [5.74, 6) is 0.0729. The number of benzene rings is 2. The summed E-state index contributed by atoms with van der Waals surface area (Å²) < 4.78 is 26.2. The molecule has 1 atom stereocenters. The average molecular weight is 457 g/mol. The number of β-amino-alcohol motifs (C(OH)–C–C–N with tert-alkyl or cyclic N) is 1. The van der Waals surface area contributed by atoms with Gasteiger partial charge in [-0.25, -0.2) is 13.1 Å². The molecule has 2 aromatic rings. The molecule has 2 aliphatic heterocycles. The van der Waals surface area contributed by atoms with E-state index in [0.29, 0.717) is 6.54 Å². The Morgan fingerprint density at radius 1 is 1.06 bits per heavy atom. The zero-order valence-electron chi connectivity index (χ0n) is 18.5. The van der Waals surface area contributed by atoms with Crippen LogP contribution in [0, 0.1) is 0 Å². The van der Waals surface area contributed by atoms with Crippen LogP contribution < -0.4 is 10.0 Å². The second-order valence-electron chi connectivity index (χ2n) is 8.25. The Labute approximate surface area is 190 Å². The molecule has 2 aromatic carbocycles. The van der Waals surface area contributed by atoms with E-state index in [9.17, 15) is 13.5 Å². The molecular weight excluding hydrogens is 424 g/mol. The van der Waals surface area contributed by atoms with Gasteiger partial charge in [-0.2, -0.15) is 0 Å². The Kier molecular flexibility index (Phi) is 6.97. The number of nitrogens with one attached hydrogen (secondary N) is 2. The van der Waals surface area contributed by atoms with Gasteiger partial charge in [-0.15, -0.1) is 0 Å². The van der Waals surface area contributed by atoms with E-state index in [2.05, 4.69) is 62.3 Å². The maximum absolute atomic E-state index is 11.8. The summed E-state index contributed by atoms with van der Waals surface area (Å²) in [5, 5.41) is 13.0. The van der Waals surface area contributed by atoms with Gasteiger partial charge in [0.05, 0.1) is 12.4 Å². The Balaban J connectivity index is 1.66. The van der Waals surface area contributed by atoms with E-state index < -0.39 is 15.7 Å². The molecular formula is C24H32N4O3S. The molecule has 0 saturated carbocycles. The molecule has 32 heavy (non-hydrogen) atoms. The molecule has 0 aromatic heterocycles. The summed E-state index contributed by atoms with van der Waals surface area (Å²) in [5.41, 5.74) is 3.93. The van der Waals surface area contributed by atoms with E-state index in [4.69, 9.17) is 0 Å². The average Bonchev–Trinajstić information content (AvgIpc) is 2.83. The molecule has 8 heteroatoms. The van der Waals surface area contributed by atoms with Crippen LogP contribution in [0.1, 0.15) is 29.2 Å². The highest BCUT2D eigenvalue weighted by Gasteiger charge is 2.43. The second kappa shape index (κ2) is 9.72. The van der Waals surface area contributed by atoms with Gasteiger partial charge in [0.25, 0.3) is 0 Å². The number of piperazine rings is 1. The summed E-state index contributed by atoms with van der Waals surface area (Å²) in [4.78, 5) is 4.76. The van der Waals surface area contributed by atoms with Crippen molar-refractivity contribution in [3.63, 3.8) is 0 Å². The Morgan fingerprint density at radius 2 is 1.78 bits per heavy atom. The summed E-state index contributed by atoms with van der Waals surface area (Å²) in [7, 11) is -3.23. The third-order valence-corrected chi connectivity index (χ3v) is 7.76. The second-order valence-corrected chi connectivity index (χ2v) is 10.3. The van der Waals surface area contributed by atoms with E-state index in [1.807, 2.05) is 18.3 Å². The molecule has 0 radical (unpaired) electrons. The maximum atomic E-state index is 11.8. The van der Waals surface area contributed by atoms with E-state index >= 15 is 0 Å². The number of aliphatic hydroxyl groups is 1. The normalized spacial score (nSPS) is 21.8. The molecule has 1 saturated heterocycles. The highest BCUT2D eigenvalue weighted by Crippen LogP contribution is 2.39. The highest BCUT2D eigenvalue weighted by molar-refractivity contribution is 7.89. The van der Waals surface area contributed by atoms with Crippen molar-refractivity contribution >= 4 is 16.1 Å². The van der Waals surface area contributed by atoms with Crippen LogP contribution in [-0.4, -0.2) is 68.4 Å². The lowest BCUT2D eigenvalue weighted by Crippen LogP contribution is -2.62. The topological polar surface area (TPSA) is 84.9 Å². The number of hydrogen-bond donors (Lipinski definition) is 3. The SMILES string of the molecule is CCS(=O)(=O)NCc1ccc(C2(N3CCN(CCO)CC3)NC=Cc3ccccc32)cc1. The third-order valence-electron chi connectivity index (χ3n) is 6.42. The van der Waals surface area contributed by atoms with Crippen LogP contribution in [0.5, 0.6) is 0 Å². The third kappa shape index (κ3) is 4.60. The predicted octanol–water partition coefficient (Wildman–Crippen LogP) is 1.51. The summed E-state index contributed by atoms with van der Waals surface area (Å²) in [6.45, 7) is 6.33. The number of aliphatic hydroxyl groups excluding tert-OH is 1. The standard InChI is InChI=1S/C24H32N4O3S/c1-2-32(30,31)26-19-20-7-9-22(10-8-20)24(28-15-13-27(14-16-28)17-18-29)23-6-4-3-5-21(23)11-12-25-24/h3-12,25-26,29H,2,13-19H2,1H3. The first-order valence-electron chi connectivity index (χ1n) is 11.2. The van der Waals surface area contributed by atoms with Crippen molar-refractivity contribution in [3.8, 4) is 0 Å².